The van der Waals surface area contributed by atoms with Crippen molar-refractivity contribution in [1.29, 1.82) is 0 Å². The Balaban J connectivity index is 2.39. The van der Waals surface area contributed by atoms with Crippen LogP contribution >= 0.6 is 15.9 Å². The molecule has 0 aliphatic carbocycles. The predicted octanol–water partition coefficient (Wildman–Crippen LogP) is 4.80. The molecule has 0 aliphatic rings. The number of benzene rings is 2. The van der Waals surface area contributed by atoms with Crippen molar-refractivity contribution >= 4 is 15.9 Å². The third-order valence-corrected chi connectivity index (χ3v) is 3.98. The number of ether oxygens (including phenoxy) is 1. The van der Waals surface area contributed by atoms with Crippen LogP contribution in [0.25, 0.3) is 0 Å². The first-order valence-electron chi connectivity index (χ1n) is 7.07. The zero-order valence-corrected chi connectivity index (χ0v) is 14.4. The van der Waals surface area contributed by atoms with Crippen LogP contribution in [0.3, 0.4) is 0 Å². The van der Waals surface area contributed by atoms with Crippen molar-refractivity contribution in [2.24, 2.45) is 0 Å². The molecule has 1 unspecified atom stereocenters. The molecule has 21 heavy (non-hydrogen) atoms. The molecule has 3 heteroatoms. The summed E-state index contributed by atoms with van der Waals surface area (Å²) in [6, 6.07) is 13.6. The molecule has 0 spiro atoms. The highest BCUT2D eigenvalue weighted by Gasteiger charge is 2.26. The van der Waals surface area contributed by atoms with Gasteiger partial charge in [-0.1, -0.05) is 34.1 Å². The quantitative estimate of drug-likeness (QED) is 0.859. The molecule has 0 fully saturated rings. The highest BCUT2D eigenvalue weighted by Crippen LogP contribution is 2.33. The van der Waals surface area contributed by atoms with Crippen molar-refractivity contribution in [2.45, 2.75) is 39.4 Å². The molecule has 0 amide bonds. The van der Waals surface area contributed by atoms with Gasteiger partial charge in [0.1, 0.15) is 11.4 Å². The Morgan fingerprint density at radius 3 is 2.33 bits per heavy atom. The number of halogens is 1. The van der Waals surface area contributed by atoms with E-state index in [1.807, 2.05) is 70.2 Å². The average Bonchev–Trinajstić information content (AvgIpc) is 2.40. The number of aryl methyl sites for hydroxylation is 1. The molecule has 2 aromatic rings. The highest BCUT2D eigenvalue weighted by molar-refractivity contribution is 9.10. The van der Waals surface area contributed by atoms with E-state index in [0.29, 0.717) is 0 Å². The predicted molar refractivity (Wildman–Crippen MR) is 89.8 cm³/mol. The van der Waals surface area contributed by atoms with Crippen LogP contribution in [0.2, 0.25) is 0 Å². The molecule has 0 aromatic heterocycles. The van der Waals surface area contributed by atoms with E-state index in [2.05, 4.69) is 15.9 Å². The van der Waals surface area contributed by atoms with Crippen LogP contribution in [-0.2, 0) is 5.60 Å². The summed E-state index contributed by atoms with van der Waals surface area (Å²) in [5, 5.41) is 10.9. The first-order valence-corrected chi connectivity index (χ1v) is 7.86. The van der Waals surface area contributed by atoms with Crippen LogP contribution in [0, 0.1) is 6.92 Å². The summed E-state index contributed by atoms with van der Waals surface area (Å²) >= 11 is 3.45. The fourth-order valence-electron chi connectivity index (χ4n) is 2.30. The second kappa shape index (κ2) is 6.20. The Morgan fingerprint density at radius 1 is 1.10 bits per heavy atom. The summed E-state index contributed by atoms with van der Waals surface area (Å²) in [5.74, 6) is 0.860. The van der Waals surface area contributed by atoms with Gasteiger partial charge < -0.3 is 9.84 Å². The molecule has 2 nitrogen and oxygen atoms in total. The molecule has 0 radical (unpaired) electrons. The monoisotopic (exact) mass is 348 g/mol. The van der Waals surface area contributed by atoms with Gasteiger partial charge in [-0.15, -0.1) is 0 Å². The van der Waals surface area contributed by atoms with E-state index in [1.165, 1.54) is 0 Å². The van der Waals surface area contributed by atoms with Gasteiger partial charge in [-0.25, -0.2) is 0 Å². The second-order valence-corrected chi connectivity index (χ2v) is 6.65. The maximum Gasteiger partial charge on any atom is 0.122 e. The zero-order chi connectivity index (χ0) is 15.6. The molecule has 2 aromatic carbocycles. The maximum absolute atomic E-state index is 10.9. The summed E-state index contributed by atoms with van der Waals surface area (Å²) in [4.78, 5) is 0. The first-order chi connectivity index (χ1) is 9.80. The minimum atomic E-state index is -1.04. The largest absolute Gasteiger partial charge is 0.491 e. The Bertz CT molecular complexity index is 633. The lowest BCUT2D eigenvalue weighted by Gasteiger charge is -2.26. The minimum absolute atomic E-state index is 0.139. The molecule has 0 saturated carbocycles. The van der Waals surface area contributed by atoms with Gasteiger partial charge in [-0.2, -0.15) is 0 Å². The van der Waals surface area contributed by atoms with Crippen molar-refractivity contribution < 1.29 is 9.84 Å². The molecule has 2 rings (SSSR count). The topological polar surface area (TPSA) is 29.5 Å². The molecule has 0 bridgehead atoms. The Morgan fingerprint density at radius 2 is 1.76 bits per heavy atom. The summed E-state index contributed by atoms with van der Waals surface area (Å²) in [5.41, 5.74) is 1.70. The van der Waals surface area contributed by atoms with Crippen molar-refractivity contribution in [3.05, 3.63) is 63.6 Å². The number of rotatable bonds is 4. The van der Waals surface area contributed by atoms with E-state index >= 15 is 0 Å². The van der Waals surface area contributed by atoms with Gasteiger partial charge in [-0.05, 0) is 68.7 Å². The van der Waals surface area contributed by atoms with Crippen LogP contribution in [0.1, 0.15) is 37.5 Å². The van der Waals surface area contributed by atoms with Gasteiger partial charge in [0, 0.05) is 4.47 Å². The normalized spacial score (nSPS) is 14.0. The smallest absolute Gasteiger partial charge is 0.122 e. The summed E-state index contributed by atoms with van der Waals surface area (Å²) < 4.78 is 6.70. The summed E-state index contributed by atoms with van der Waals surface area (Å²) in [6.07, 6.45) is 0.139. The number of hydrogen-bond acceptors (Lipinski definition) is 2. The molecular formula is C18H21BrO2. The SMILES string of the molecule is Cc1cc(C(C)(O)c2cccc(Br)c2)ccc1OC(C)C. The lowest BCUT2D eigenvalue weighted by molar-refractivity contribution is 0.102. The van der Waals surface area contributed by atoms with Crippen molar-refractivity contribution in [2.75, 3.05) is 0 Å². The van der Waals surface area contributed by atoms with Crippen LogP contribution < -0.4 is 4.74 Å². The standard InChI is InChI=1S/C18H21BrO2/c1-12(2)21-17-9-8-15(10-13(17)3)18(4,20)14-6-5-7-16(19)11-14/h5-12,20H,1-4H3. The molecule has 112 valence electrons. The summed E-state index contributed by atoms with van der Waals surface area (Å²) in [7, 11) is 0. The van der Waals surface area contributed by atoms with Gasteiger partial charge in [-0.3, -0.25) is 0 Å². The highest BCUT2D eigenvalue weighted by atomic mass is 79.9. The van der Waals surface area contributed by atoms with E-state index in [4.69, 9.17) is 4.74 Å². The molecule has 1 N–H and O–H groups in total. The van der Waals surface area contributed by atoms with E-state index in [9.17, 15) is 5.11 Å². The fourth-order valence-corrected chi connectivity index (χ4v) is 2.70. The molecule has 0 heterocycles. The van der Waals surface area contributed by atoms with E-state index in [1.54, 1.807) is 0 Å². The zero-order valence-electron chi connectivity index (χ0n) is 12.9. The lowest BCUT2D eigenvalue weighted by atomic mass is 9.87. The van der Waals surface area contributed by atoms with Gasteiger partial charge in [0.2, 0.25) is 0 Å². The third-order valence-electron chi connectivity index (χ3n) is 3.49. The van der Waals surface area contributed by atoms with Gasteiger partial charge >= 0.3 is 0 Å². The van der Waals surface area contributed by atoms with Gasteiger partial charge in [0.05, 0.1) is 6.10 Å². The van der Waals surface area contributed by atoms with E-state index < -0.39 is 5.60 Å². The number of aliphatic hydroxyl groups is 1. The first kappa shape index (κ1) is 16.1. The van der Waals surface area contributed by atoms with Crippen LogP contribution in [0.15, 0.2) is 46.9 Å². The third kappa shape index (κ3) is 3.66. The van der Waals surface area contributed by atoms with Crippen molar-refractivity contribution in [3.8, 4) is 5.75 Å². The van der Waals surface area contributed by atoms with Crippen LogP contribution in [-0.4, -0.2) is 11.2 Å². The van der Waals surface area contributed by atoms with Gasteiger partial charge in [0.25, 0.3) is 0 Å². The lowest BCUT2D eigenvalue weighted by Crippen LogP contribution is -2.23. The Labute approximate surface area is 134 Å². The van der Waals surface area contributed by atoms with Crippen molar-refractivity contribution in [1.82, 2.24) is 0 Å². The van der Waals surface area contributed by atoms with Gasteiger partial charge in [0.15, 0.2) is 0 Å². The summed E-state index contributed by atoms with van der Waals surface area (Å²) in [6.45, 7) is 7.82. The average molecular weight is 349 g/mol. The number of hydrogen-bond donors (Lipinski definition) is 1. The van der Waals surface area contributed by atoms with Crippen LogP contribution in [0.4, 0.5) is 0 Å². The molecule has 0 saturated heterocycles. The molecular weight excluding hydrogens is 328 g/mol. The van der Waals surface area contributed by atoms with E-state index in [0.717, 1.165) is 26.9 Å². The van der Waals surface area contributed by atoms with E-state index in [-0.39, 0.29) is 6.10 Å². The fraction of sp³-hybridized carbons (Fsp3) is 0.333. The Hall–Kier alpha value is -1.32. The maximum atomic E-state index is 10.9. The minimum Gasteiger partial charge on any atom is -0.491 e. The van der Waals surface area contributed by atoms with Crippen LogP contribution in [0.5, 0.6) is 5.75 Å². The Kier molecular flexibility index (Phi) is 4.74. The van der Waals surface area contributed by atoms with Crippen molar-refractivity contribution in [3.63, 3.8) is 0 Å². The second-order valence-electron chi connectivity index (χ2n) is 5.73. The molecule has 0 aliphatic heterocycles. The molecule has 1 atom stereocenters.